The van der Waals surface area contributed by atoms with Gasteiger partial charge in [-0.2, -0.15) is 0 Å². The van der Waals surface area contributed by atoms with Crippen molar-refractivity contribution in [3.05, 3.63) is 70.3 Å². The van der Waals surface area contributed by atoms with Gasteiger partial charge in [-0.1, -0.05) is 0 Å². The predicted molar refractivity (Wildman–Crippen MR) is 108 cm³/mol. The Morgan fingerprint density at radius 1 is 1.03 bits per heavy atom. The van der Waals surface area contributed by atoms with Crippen molar-refractivity contribution in [2.24, 2.45) is 0 Å². The van der Waals surface area contributed by atoms with Crippen molar-refractivity contribution in [2.75, 3.05) is 19.5 Å². The summed E-state index contributed by atoms with van der Waals surface area (Å²) in [5, 5.41) is 14.9. The lowest BCUT2D eigenvalue weighted by Crippen LogP contribution is -2.12. The topological polar surface area (TPSA) is 104 Å². The number of nitro benzene ring substituents is 1. The molecule has 8 nitrogen and oxygen atoms in total. The van der Waals surface area contributed by atoms with Gasteiger partial charge in [-0.25, -0.2) is 0 Å². The molecule has 146 valence electrons. The standard InChI is InChI=1S/C21H16N2O6/c1-27-14-6-3-12(4-7-14)22-21(24)15-8-10-18(28-2)20-19(15)16-11-13(23(25)26)5-9-17(16)29-20/h3-11H,1-2H3,(H,22,24). The number of non-ortho nitro benzene ring substituents is 1. The van der Waals surface area contributed by atoms with Crippen molar-refractivity contribution in [2.45, 2.75) is 0 Å². The van der Waals surface area contributed by atoms with Crippen LogP contribution in [0.5, 0.6) is 11.5 Å². The number of rotatable bonds is 5. The minimum absolute atomic E-state index is 0.0930. The smallest absolute Gasteiger partial charge is 0.270 e. The Morgan fingerprint density at radius 2 is 1.79 bits per heavy atom. The molecule has 1 N–H and O–H groups in total. The van der Waals surface area contributed by atoms with E-state index < -0.39 is 4.92 Å². The van der Waals surface area contributed by atoms with Gasteiger partial charge in [0.25, 0.3) is 11.6 Å². The minimum Gasteiger partial charge on any atom is -0.497 e. The van der Waals surface area contributed by atoms with Gasteiger partial charge < -0.3 is 19.2 Å². The van der Waals surface area contributed by atoms with Gasteiger partial charge in [0.05, 0.1) is 24.7 Å². The van der Waals surface area contributed by atoms with Crippen LogP contribution in [0.2, 0.25) is 0 Å². The van der Waals surface area contributed by atoms with E-state index in [4.69, 9.17) is 13.9 Å². The average molecular weight is 392 g/mol. The van der Waals surface area contributed by atoms with Crippen LogP contribution in [-0.2, 0) is 0 Å². The van der Waals surface area contributed by atoms with Crippen molar-refractivity contribution < 1.29 is 23.6 Å². The Kier molecular flexibility index (Phi) is 4.52. The predicted octanol–water partition coefficient (Wildman–Crippen LogP) is 4.76. The summed E-state index contributed by atoms with van der Waals surface area (Å²) in [5.41, 5.74) is 1.58. The van der Waals surface area contributed by atoms with E-state index in [0.29, 0.717) is 44.7 Å². The first-order chi connectivity index (χ1) is 14.0. The maximum atomic E-state index is 13.0. The maximum absolute atomic E-state index is 13.0. The summed E-state index contributed by atoms with van der Waals surface area (Å²) in [6, 6.07) is 14.4. The molecule has 0 saturated carbocycles. The lowest BCUT2D eigenvalue weighted by molar-refractivity contribution is -0.384. The zero-order valence-corrected chi connectivity index (χ0v) is 15.6. The second-order valence-electron chi connectivity index (χ2n) is 6.24. The molecule has 0 spiro atoms. The minimum atomic E-state index is -0.491. The maximum Gasteiger partial charge on any atom is 0.270 e. The number of nitro groups is 1. The Morgan fingerprint density at radius 3 is 2.45 bits per heavy atom. The molecule has 0 aliphatic heterocycles. The molecule has 3 aromatic carbocycles. The zero-order valence-electron chi connectivity index (χ0n) is 15.6. The highest BCUT2D eigenvalue weighted by atomic mass is 16.6. The number of ether oxygens (including phenoxy) is 2. The Balaban J connectivity index is 1.86. The third-order valence-electron chi connectivity index (χ3n) is 4.59. The molecule has 1 heterocycles. The van der Waals surface area contributed by atoms with Crippen molar-refractivity contribution in [3.8, 4) is 11.5 Å². The number of amides is 1. The number of carbonyl (C=O) groups is 1. The summed E-state index contributed by atoms with van der Waals surface area (Å²) >= 11 is 0. The number of nitrogens with one attached hydrogen (secondary N) is 1. The van der Waals surface area contributed by atoms with Gasteiger partial charge in [-0.3, -0.25) is 14.9 Å². The number of benzene rings is 3. The number of carbonyl (C=O) groups excluding carboxylic acids is 1. The fourth-order valence-electron chi connectivity index (χ4n) is 3.18. The molecule has 29 heavy (non-hydrogen) atoms. The van der Waals surface area contributed by atoms with Crippen molar-refractivity contribution in [1.29, 1.82) is 0 Å². The summed E-state index contributed by atoms with van der Waals surface area (Å²) < 4.78 is 16.3. The molecule has 1 amide bonds. The molecule has 0 saturated heterocycles. The molecule has 0 bridgehead atoms. The molecule has 8 heteroatoms. The van der Waals surface area contributed by atoms with Gasteiger partial charge in [-0.05, 0) is 42.5 Å². The molecule has 0 atom stereocenters. The molecule has 0 radical (unpaired) electrons. The summed E-state index contributed by atoms with van der Waals surface area (Å²) in [6.07, 6.45) is 0. The summed E-state index contributed by atoms with van der Waals surface area (Å²) in [7, 11) is 3.05. The molecular formula is C21H16N2O6. The van der Waals surface area contributed by atoms with Crippen LogP contribution in [0.4, 0.5) is 11.4 Å². The molecule has 1 aromatic heterocycles. The highest BCUT2D eigenvalue weighted by Crippen LogP contribution is 2.38. The number of methoxy groups -OCH3 is 2. The van der Waals surface area contributed by atoms with Crippen LogP contribution in [-0.4, -0.2) is 25.1 Å². The molecule has 4 rings (SSSR count). The van der Waals surface area contributed by atoms with Crippen LogP contribution in [0.3, 0.4) is 0 Å². The number of anilines is 1. The average Bonchev–Trinajstić information content (AvgIpc) is 3.12. The highest BCUT2D eigenvalue weighted by molar-refractivity contribution is 6.20. The van der Waals surface area contributed by atoms with Gasteiger partial charge in [0.15, 0.2) is 11.3 Å². The molecule has 0 aliphatic rings. The first kappa shape index (κ1) is 18.3. The third-order valence-corrected chi connectivity index (χ3v) is 4.59. The Bertz CT molecular complexity index is 1240. The number of nitrogens with zero attached hydrogens (tertiary/aromatic N) is 1. The van der Waals surface area contributed by atoms with Crippen LogP contribution < -0.4 is 14.8 Å². The molecule has 0 unspecified atom stereocenters. The lowest BCUT2D eigenvalue weighted by Gasteiger charge is -2.09. The van der Waals surface area contributed by atoms with Crippen LogP contribution >= 0.6 is 0 Å². The Labute approximate surface area is 164 Å². The van der Waals surface area contributed by atoms with Crippen LogP contribution in [0.25, 0.3) is 21.9 Å². The quantitative estimate of drug-likeness (QED) is 0.388. The first-order valence-electron chi connectivity index (χ1n) is 8.65. The van der Waals surface area contributed by atoms with Crippen LogP contribution in [0, 0.1) is 10.1 Å². The summed E-state index contributed by atoms with van der Waals surface area (Å²) in [5.74, 6) is 0.722. The normalized spacial score (nSPS) is 10.8. The van der Waals surface area contributed by atoms with E-state index in [1.807, 2.05) is 0 Å². The van der Waals surface area contributed by atoms with E-state index in [-0.39, 0.29) is 11.6 Å². The largest absolute Gasteiger partial charge is 0.497 e. The Hall–Kier alpha value is -4.07. The van der Waals surface area contributed by atoms with Crippen molar-refractivity contribution in [1.82, 2.24) is 0 Å². The van der Waals surface area contributed by atoms with Crippen molar-refractivity contribution >= 4 is 39.2 Å². The van der Waals surface area contributed by atoms with Gasteiger partial charge >= 0.3 is 0 Å². The highest BCUT2D eigenvalue weighted by Gasteiger charge is 2.21. The van der Waals surface area contributed by atoms with Crippen LogP contribution in [0.15, 0.2) is 59.0 Å². The second kappa shape index (κ2) is 7.16. The fraction of sp³-hybridized carbons (Fsp3) is 0.0952. The van der Waals surface area contributed by atoms with Gasteiger partial charge in [-0.15, -0.1) is 0 Å². The van der Waals surface area contributed by atoms with E-state index in [1.54, 1.807) is 43.5 Å². The monoisotopic (exact) mass is 392 g/mol. The van der Waals surface area contributed by atoms with E-state index >= 15 is 0 Å². The lowest BCUT2D eigenvalue weighted by atomic mass is 10.0. The van der Waals surface area contributed by atoms with E-state index in [9.17, 15) is 14.9 Å². The zero-order chi connectivity index (χ0) is 20.5. The second-order valence-corrected chi connectivity index (χ2v) is 6.24. The number of hydrogen-bond acceptors (Lipinski definition) is 6. The molecule has 0 aliphatic carbocycles. The number of fused-ring (bicyclic) bond motifs is 3. The number of hydrogen-bond donors (Lipinski definition) is 1. The van der Waals surface area contributed by atoms with E-state index in [1.165, 1.54) is 25.3 Å². The summed E-state index contributed by atoms with van der Waals surface area (Å²) in [4.78, 5) is 23.7. The van der Waals surface area contributed by atoms with E-state index in [0.717, 1.165) is 0 Å². The van der Waals surface area contributed by atoms with Gasteiger partial charge in [0.1, 0.15) is 11.3 Å². The van der Waals surface area contributed by atoms with Crippen LogP contribution in [0.1, 0.15) is 10.4 Å². The SMILES string of the molecule is COc1ccc(NC(=O)c2ccc(OC)c3oc4ccc([N+](=O)[O-])cc4c23)cc1. The first-order valence-corrected chi connectivity index (χ1v) is 8.65. The molecule has 0 fully saturated rings. The molecule has 4 aromatic rings. The van der Waals surface area contributed by atoms with Gasteiger partial charge in [0, 0.05) is 28.6 Å². The fourth-order valence-corrected chi connectivity index (χ4v) is 3.18. The van der Waals surface area contributed by atoms with E-state index in [2.05, 4.69) is 5.32 Å². The summed E-state index contributed by atoms with van der Waals surface area (Å²) in [6.45, 7) is 0. The van der Waals surface area contributed by atoms with Gasteiger partial charge in [0.2, 0.25) is 0 Å². The third kappa shape index (κ3) is 3.20. The van der Waals surface area contributed by atoms with Crippen molar-refractivity contribution in [3.63, 3.8) is 0 Å². The molecular weight excluding hydrogens is 376 g/mol. The number of furan rings is 1.